The number of aliphatic hydroxyl groups excluding tert-OH is 1. The summed E-state index contributed by atoms with van der Waals surface area (Å²) in [5.74, 6) is 0.385. The molecular formula is C23H26FN5O2. The second-order valence-corrected chi connectivity index (χ2v) is 7.89. The number of likely N-dealkylation sites (N-methyl/N-ethyl adjacent to an activating group) is 1. The highest BCUT2D eigenvalue weighted by Gasteiger charge is 2.36. The molecule has 0 amide bonds. The summed E-state index contributed by atoms with van der Waals surface area (Å²) < 4.78 is 13.0. The maximum atomic E-state index is 14.3. The molecule has 3 aromatic rings. The number of halogens is 1. The second kappa shape index (κ2) is 8.32. The van der Waals surface area contributed by atoms with Crippen LogP contribution in [-0.2, 0) is 6.54 Å². The second-order valence-electron chi connectivity index (χ2n) is 7.89. The van der Waals surface area contributed by atoms with E-state index in [-0.39, 0.29) is 19.1 Å². The number of quaternary nitrogens is 1. The summed E-state index contributed by atoms with van der Waals surface area (Å²) in [6.45, 7) is 4.55. The molecule has 7 nitrogen and oxygen atoms in total. The number of para-hydroxylation sites is 1. The van der Waals surface area contributed by atoms with Crippen LogP contribution in [0.15, 0.2) is 42.5 Å². The molecule has 8 heteroatoms. The van der Waals surface area contributed by atoms with Crippen LogP contribution < -0.4 is 14.9 Å². The Balaban J connectivity index is 2.00. The Kier molecular flexibility index (Phi) is 5.72. The highest BCUT2D eigenvalue weighted by Crippen LogP contribution is 2.42. The van der Waals surface area contributed by atoms with Crippen molar-refractivity contribution < 1.29 is 9.50 Å². The van der Waals surface area contributed by atoms with Crippen molar-refractivity contribution in [1.29, 1.82) is 0 Å². The van der Waals surface area contributed by atoms with Crippen molar-refractivity contribution in [1.82, 2.24) is 19.9 Å². The lowest BCUT2D eigenvalue weighted by atomic mass is 9.99. The zero-order chi connectivity index (χ0) is 22.2. The lowest BCUT2D eigenvalue weighted by molar-refractivity contribution is 0.303. The number of hydrogen-bond donors (Lipinski definition) is 2. The van der Waals surface area contributed by atoms with Gasteiger partial charge in [0, 0.05) is 37.3 Å². The number of rotatable bonds is 5. The molecule has 0 bridgehead atoms. The van der Waals surface area contributed by atoms with Crippen LogP contribution in [0.1, 0.15) is 16.7 Å². The van der Waals surface area contributed by atoms with Gasteiger partial charge in [0.15, 0.2) is 0 Å². The fourth-order valence-corrected chi connectivity index (χ4v) is 4.04. The van der Waals surface area contributed by atoms with Crippen LogP contribution in [-0.4, -0.2) is 41.9 Å². The van der Waals surface area contributed by atoms with E-state index in [4.69, 9.17) is 4.98 Å². The van der Waals surface area contributed by atoms with Gasteiger partial charge in [0.2, 0.25) is 11.8 Å². The molecule has 4 rings (SSSR count). The molecule has 1 aliphatic rings. The van der Waals surface area contributed by atoms with Gasteiger partial charge in [0.1, 0.15) is 18.2 Å². The van der Waals surface area contributed by atoms with Crippen molar-refractivity contribution in [2.45, 2.75) is 20.4 Å². The van der Waals surface area contributed by atoms with E-state index >= 15 is 0 Å². The van der Waals surface area contributed by atoms with Crippen molar-refractivity contribution in [3.63, 3.8) is 0 Å². The highest BCUT2D eigenvalue weighted by atomic mass is 19.1. The van der Waals surface area contributed by atoms with Crippen LogP contribution in [0.2, 0.25) is 0 Å². The molecule has 0 radical (unpaired) electrons. The van der Waals surface area contributed by atoms with E-state index in [1.54, 1.807) is 18.0 Å². The minimum atomic E-state index is -0.766. The standard InChI is InChI=1S/C23H26FN5O2/c1-15-6-4-5-7-20(15)29(31)14-25-13-19-21(18-9-8-17(24)12-16(18)2)26-23(27-22(19)29)28(3)10-11-30/h4-9,12,25,30H,10-11,13-14H2,1-3H3. The average Bonchev–Trinajstić information content (AvgIpc) is 2.74. The number of nitrogens with one attached hydrogen (secondary N) is 1. The number of hydroxylamine groups is 1. The predicted octanol–water partition coefficient (Wildman–Crippen LogP) is 3.53. The number of fused-ring (bicyclic) bond motifs is 1. The van der Waals surface area contributed by atoms with E-state index in [1.807, 2.05) is 38.1 Å². The van der Waals surface area contributed by atoms with Crippen LogP contribution in [0.25, 0.3) is 11.3 Å². The Labute approximate surface area is 181 Å². The number of hydrogen-bond acceptors (Lipinski definition) is 6. The molecule has 0 spiro atoms. The van der Waals surface area contributed by atoms with Crippen LogP contribution in [0, 0.1) is 24.9 Å². The van der Waals surface area contributed by atoms with E-state index in [1.165, 1.54) is 12.1 Å². The highest BCUT2D eigenvalue weighted by molar-refractivity contribution is 5.76. The molecule has 1 unspecified atom stereocenters. The van der Waals surface area contributed by atoms with Crippen molar-refractivity contribution in [2.75, 3.05) is 31.8 Å². The van der Waals surface area contributed by atoms with Crippen molar-refractivity contribution in [3.05, 3.63) is 70.2 Å². The summed E-state index contributed by atoms with van der Waals surface area (Å²) in [5, 5.41) is 26.9. The van der Waals surface area contributed by atoms with Crippen LogP contribution >= 0.6 is 0 Å². The van der Waals surface area contributed by atoms with Gasteiger partial charge in [-0.2, -0.15) is 4.98 Å². The number of nitrogens with zero attached hydrogens (tertiary/aromatic N) is 4. The summed E-state index contributed by atoms with van der Waals surface area (Å²) in [7, 11) is 1.77. The number of anilines is 1. The first kappa shape index (κ1) is 21.3. The SMILES string of the molecule is Cc1cc(F)ccc1-c1nc(N(C)CCO)nc2c1CNC[N+]2([O-])c1ccccc1C. The van der Waals surface area contributed by atoms with Gasteiger partial charge in [0.05, 0.1) is 17.9 Å². The Morgan fingerprint density at radius 1 is 1.16 bits per heavy atom. The van der Waals surface area contributed by atoms with E-state index in [0.29, 0.717) is 41.8 Å². The lowest BCUT2D eigenvalue weighted by Crippen LogP contribution is -2.50. The van der Waals surface area contributed by atoms with E-state index in [9.17, 15) is 14.7 Å². The van der Waals surface area contributed by atoms with Gasteiger partial charge < -0.3 is 15.2 Å². The molecule has 0 fully saturated rings. The largest absolute Gasteiger partial charge is 0.620 e. The molecule has 1 aliphatic heterocycles. The molecule has 2 heterocycles. The summed E-state index contributed by atoms with van der Waals surface area (Å²) in [6.07, 6.45) is 0. The monoisotopic (exact) mass is 423 g/mol. The third-order valence-corrected chi connectivity index (χ3v) is 5.68. The topological polar surface area (TPSA) is 84.3 Å². The van der Waals surface area contributed by atoms with Crippen molar-refractivity contribution in [3.8, 4) is 11.3 Å². The molecule has 2 N–H and O–H groups in total. The fraction of sp³-hybridized carbons (Fsp3) is 0.304. The predicted molar refractivity (Wildman–Crippen MR) is 120 cm³/mol. The molecular weight excluding hydrogens is 397 g/mol. The first-order chi connectivity index (χ1) is 14.8. The van der Waals surface area contributed by atoms with Gasteiger partial charge >= 0.3 is 0 Å². The average molecular weight is 423 g/mol. The first-order valence-electron chi connectivity index (χ1n) is 10.2. The summed E-state index contributed by atoms with van der Waals surface area (Å²) in [5.41, 5.74) is 4.24. The van der Waals surface area contributed by atoms with Crippen molar-refractivity contribution >= 4 is 17.5 Å². The molecule has 1 aromatic heterocycles. The van der Waals surface area contributed by atoms with E-state index < -0.39 is 4.65 Å². The van der Waals surface area contributed by atoms with Crippen LogP contribution in [0.4, 0.5) is 21.8 Å². The minimum absolute atomic E-state index is 0.0709. The van der Waals surface area contributed by atoms with E-state index in [2.05, 4.69) is 10.3 Å². The van der Waals surface area contributed by atoms with Crippen LogP contribution in [0.3, 0.4) is 0 Å². The van der Waals surface area contributed by atoms with Gasteiger partial charge in [-0.15, -0.1) is 0 Å². The molecule has 0 saturated heterocycles. The number of benzene rings is 2. The van der Waals surface area contributed by atoms with E-state index in [0.717, 1.165) is 16.7 Å². The maximum Gasteiger partial charge on any atom is 0.243 e. The third-order valence-electron chi connectivity index (χ3n) is 5.68. The molecule has 2 aromatic carbocycles. The third kappa shape index (κ3) is 3.79. The zero-order valence-corrected chi connectivity index (χ0v) is 17.9. The van der Waals surface area contributed by atoms with Crippen molar-refractivity contribution in [2.24, 2.45) is 0 Å². The summed E-state index contributed by atoms with van der Waals surface area (Å²) in [6, 6.07) is 12.0. The van der Waals surface area contributed by atoms with Gasteiger partial charge in [-0.1, -0.05) is 18.2 Å². The number of aromatic nitrogens is 2. The van der Waals surface area contributed by atoms with Gasteiger partial charge in [-0.25, -0.2) is 9.37 Å². The summed E-state index contributed by atoms with van der Waals surface area (Å²) >= 11 is 0. The van der Waals surface area contributed by atoms with Gasteiger partial charge in [0.25, 0.3) is 0 Å². The molecule has 162 valence electrons. The molecule has 0 aliphatic carbocycles. The molecule has 1 atom stereocenters. The van der Waals surface area contributed by atoms with Gasteiger partial charge in [-0.05, 0) is 37.6 Å². The zero-order valence-electron chi connectivity index (χ0n) is 17.9. The van der Waals surface area contributed by atoms with Crippen LogP contribution in [0.5, 0.6) is 0 Å². The molecule has 31 heavy (non-hydrogen) atoms. The number of aliphatic hydroxyl groups is 1. The summed E-state index contributed by atoms with van der Waals surface area (Å²) in [4.78, 5) is 11.1. The Bertz CT molecular complexity index is 1120. The fourth-order valence-electron chi connectivity index (χ4n) is 4.04. The van der Waals surface area contributed by atoms with Gasteiger partial charge in [-0.3, -0.25) is 9.96 Å². The first-order valence-corrected chi connectivity index (χ1v) is 10.2. The quantitative estimate of drug-likeness (QED) is 0.483. The minimum Gasteiger partial charge on any atom is -0.620 e. The Hall–Kier alpha value is -2.91. The maximum absolute atomic E-state index is 14.3. The smallest absolute Gasteiger partial charge is 0.243 e. The normalized spacial score (nSPS) is 18.0. The number of aryl methyl sites for hydroxylation is 2. The molecule has 0 saturated carbocycles. The Morgan fingerprint density at radius 2 is 1.94 bits per heavy atom. The Morgan fingerprint density at radius 3 is 2.65 bits per heavy atom. The lowest BCUT2D eigenvalue weighted by Gasteiger charge is -2.45.